The van der Waals surface area contributed by atoms with Crippen molar-refractivity contribution in [1.29, 1.82) is 0 Å². The van der Waals surface area contributed by atoms with Gasteiger partial charge in [-0.1, -0.05) is 18.2 Å². The van der Waals surface area contributed by atoms with Crippen LogP contribution in [0.2, 0.25) is 0 Å². The quantitative estimate of drug-likeness (QED) is 0.870. The van der Waals surface area contributed by atoms with Gasteiger partial charge in [-0.3, -0.25) is 14.7 Å². The Bertz CT molecular complexity index is 841. The number of para-hydroxylation sites is 1. The number of anilines is 1. The summed E-state index contributed by atoms with van der Waals surface area (Å²) >= 11 is 0. The smallest absolute Gasteiger partial charge is 0.257 e. The predicted molar refractivity (Wildman–Crippen MR) is 88.2 cm³/mol. The number of nitrogen functional groups attached to an aromatic ring is 1. The fourth-order valence-corrected chi connectivity index (χ4v) is 3.18. The summed E-state index contributed by atoms with van der Waals surface area (Å²) < 4.78 is 5.79. The molecule has 0 atom stereocenters. The Kier molecular flexibility index (Phi) is 3.38. The zero-order valence-electron chi connectivity index (χ0n) is 12.7. The van der Waals surface area contributed by atoms with E-state index in [0.29, 0.717) is 13.2 Å². The van der Waals surface area contributed by atoms with Gasteiger partial charge in [0, 0.05) is 31.6 Å². The minimum absolute atomic E-state index is 0.128. The van der Waals surface area contributed by atoms with Crippen LogP contribution in [0, 0.1) is 0 Å². The summed E-state index contributed by atoms with van der Waals surface area (Å²) in [5.74, 6) is 1.12. The second-order valence-electron chi connectivity index (χ2n) is 5.97. The van der Waals surface area contributed by atoms with Gasteiger partial charge in [0.05, 0.1) is 11.3 Å². The molecule has 0 saturated heterocycles. The first-order valence-electron chi connectivity index (χ1n) is 7.70. The van der Waals surface area contributed by atoms with E-state index in [-0.39, 0.29) is 11.5 Å². The van der Waals surface area contributed by atoms with E-state index in [1.165, 1.54) is 5.57 Å². The molecule has 0 aliphatic carbocycles. The van der Waals surface area contributed by atoms with Crippen LogP contribution in [-0.4, -0.2) is 34.6 Å². The molecule has 0 bridgehead atoms. The molecule has 6 heteroatoms. The van der Waals surface area contributed by atoms with Gasteiger partial charge in [0.25, 0.3) is 5.56 Å². The topological polar surface area (TPSA) is 84.2 Å². The summed E-state index contributed by atoms with van der Waals surface area (Å²) in [6.07, 6.45) is 2.92. The van der Waals surface area contributed by atoms with Crippen molar-refractivity contribution in [3.05, 3.63) is 57.0 Å². The molecule has 2 aromatic rings. The molecule has 1 aromatic carbocycles. The van der Waals surface area contributed by atoms with E-state index in [4.69, 9.17) is 10.5 Å². The van der Waals surface area contributed by atoms with Crippen molar-refractivity contribution in [3.8, 4) is 5.75 Å². The third-order valence-electron chi connectivity index (χ3n) is 4.28. The molecular formula is C17H18N4O2. The molecule has 118 valence electrons. The fourth-order valence-electron chi connectivity index (χ4n) is 3.18. The van der Waals surface area contributed by atoms with Crippen LogP contribution in [0.4, 0.5) is 5.95 Å². The second-order valence-corrected chi connectivity index (χ2v) is 5.97. The number of ether oxygens (including phenoxy) is 1. The summed E-state index contributed by atoms with van der Waals surface area (Å²) in [6, 6.07) is 8.02. The summed E-state index contributed by atoms with van der Waals surface area (Å²) in [5.41, 5.74) is 9.35. The molecular weight excluding hydrogens is 292 g/mol. The zero-order chi connectivity index (χ0) is 15.8. The SMILES string of the molecule is Nc1nc2c(c(=O)[nH]1)CN(CC1=Cc3ccccc3OC1)CC2. The molecule has 3 heterocycles. The maximum Gasteiger partial charge on any atom is 0.257 e. The maximum atomic E-state index is 12.0. The van der Waals surface area contributed by atoms with E-state index in [0.717, 1.165) is 42.1 Å². The molecule has 2 aliphatic rings. The lowest BCUT2D eigenvalue weighted by atomic mass is 10.0. The van der Waals surface area contributed by atoms with Crippen LogP contribution in [0.5, 0.6) is 5.75 Å². The van der Waals surface area contributed by atoms with Gasteiger partial charge >= 0.3 is 0 Å². The van der Waals surface area contributed by atoms with E-state index >= 15 is 0 Å². The van der Waals surface area contributed by atoms with Crippen molar-refractivity contribution in [2.45, 2.75) is 13.0 Å². The molecule has 0 spiro atoms. The van der Waals surface area contributed by atoms with Crippen LogP contribution in [0.1, 0.15) is 16.8 Å². The molecule has 0 amide bonds. The Labute approximate surface area is 133 Å². The summed E-state index contributed by atoms with van der Waals surface area (Å²) in [6.45, 7) is 2.84. The van der Waals surface area contributed by atoms with Crippen molar-refractivity contribution in [2.75, 3.05) is 25.4 Å². The van der Waals surface area contributed by atoms with E-state index in [1.807, 2.05) is 18.2 Å². The third kappa shape index (κ3) is 2.73. The number of hydrogen-bond donors (Lipinski definition) is 2. The fraction of sp³-hybridized carbons (Fsp3) is 0.294. The molecule has 4 rings (SSSR count). The van der Waals surface area contributed by atoms with E-state index < -0.39 is 0 Å². The average molecular weight is 310 g/mol. The van der Waals surface area contributed by atoms with Crippen LogP contribution in [0.15, 0.2) is 34.6 Å². The molecule has 2 aliphatic heterocycles. The highest BCUT2D eigenvalue weighted by Crippen LogP contribution is 2.26. The molecule has 0 fully saturated rings. The number of aromatic nitrogens is 2. The van der Waals surface area contributed by atoms with Crippen LogP contribution in [-0.2, 0) is 13.0 Å². The maximum absolute atomic E-state index is 12.0. The largest absolute Gasteiger partial charge is 0.489 e. The predicted octanol–water partition coefficient (Wildman–Crippen LogP) is 1.19. The minimum Gasteiger partial charge on any atom is -0.489 e. The van der Waals surface area contributed by atoms with Crippen LogP contribution >= 0.6 is 0 Å². The first-order chi connectivity index (χ1) is 11.2. The van der Waals surface area contributed by atoms with Crippen molar-refractivity contribution in [1.82, 2.24) is 14.9 Å². The first-order valence-corrected chi connectivity index (χ1v) is 7.70. The lowest BCUT2D eigenvalue weighted by molar-refractivity contribution is 0.254. The molecule has 0 saturated carbocycles. The molecule has 23 heavy (non-hydrogen) atoms. The lowest BCUT2D eigenvalue weighted by Gasteiger charge is -2.29. The molecule has 6 nitrogen and oxygen atoms in total. The van der Waals surface area contributed by atoms with E-state index in [2.05, 4.69) is 27.0 Å². The van der Waals surface area contributed by atoms with Gasteiger partial charge in [0.2, 0.25) is 5.95 Å². The molecule has 3 N–H and O–H groups in total. The van der Waals surface area contributed by atoms with Gasteiger partial charge < -0.3 is 10.5 Å². The second kappa shape index (κ2) is 5.55. The minimum atomic E-state index is -0.128. The van der Waals surface area contributed by atoms with Gasteiger partial charge in [0.1, 0.15) is 12.4 Å². The Morgan fingerprint density at radius 3 is 3.13 bits per heavy atom. The normalized spacial score (nSPS) is 17.0. The highest BCUT2D eigenvalue weighted by atomic mass is 16.5. The number of benzene rings is 1. The number of aromatic amines is 1. The van der Waals surface area contributed by atoms with Crippen molar-refractivity contribution in [2.24, 2.45) is 0 Å². The van der Waals surface area contributed by atoms with Gasteiger partial charge in [-0.25, -0.2) is 4.98 Å². The number of fused-ring (bicyclic) bond motifs is 2. The highest BCUT2D eigenvalue weighted by Gasteiger charge is 2.22. The van der Waals surface area contributed by atoms with Crippen molar-refractivity contribution >= 4 is 12.0 Å². The van der Waals surface area contributed by atoms with E-state index in [1.54, 1.807) is 0 Å². The number of nitrogens with zero attached hydrogens (tertiary/aromatic N) is 2. The van der Waals surface area contributed by atoms with Gasteiger partial charge in [-0.15, -0.1) is 0 Å². The monoisotopic (exact) mass is 310 g/mol. The first kappa shape index (κ1) is 14.0. The number of rotatable bonds is 2. The van der Waals surface area contributed by atoms with Crippen LogP contribution in [0.25, 0.3) is 6.08 Å². The highest BCUT2D eigenvalue weighted by molar-refractivity contribution is 5.62. The average Bonchev–Trinajstić information content (AvgIpc) is 2.55. The Hall–Kier alpha value is -2.60. The van der Waals surface area contributed by atoms with Crippen LogP contribution < -0.4 is 16.0 Å². The van der Waals surface area contributed by atoms with E-state index in [9.17, 15) is 4.79 Å². The molecule has 1 aromatic heterocycles. The van der Waals surface area contributed by atoms with Crippen LogP contribution in [0.3, 0.4) is 0 Å². The summed E-state index contributed by atoms with van der Waals surface area (Å²) in [5, 5.41) is 0. The van der Waals surface area contributed by atoms with Gasteiger partial charge in [-0.2, -0.15) is 0 Å². The number of H-pyrrole nitrogens is 1. The number of hydrogen-bond acceptors (Lipinski definition) is 5. The summed E-state index contributed by atoms with van der Waals surface area (Å²) in [4.78, 5) is 21.1. The number of nitrogens with two attached hydrogens (primary N) is 1. The number of nitrogens with one attached hydrogen (secondary N) is 1. The van der Waals surface area contributed by atoms with Gasteiger partial charge in [0.15, 0.2) is 0 Å². The molecule has 0 unspecified atom stereocenters. The lowest BCUT2D eigenvalue weighted by Crippen LogP contribution is -2.37. The summed E-state index contributed by atoms with van der Waals surface area (Å²) in [7, 11) is 0. The van der Waals surface area contributed by atoms with Crippen molar-refractivity contribution in [3.63, 3.8) is 0 Å². The van der Waals surface area contributed by atoms with Gasteiger partial charge in [-0.05, 0) is 17.7 Å². The Morgan fingerprint density at radius 2 is 2.22 bits per heavy atom. The Balaban J connectivity index is 1.53. The molecule has 0 radical (unpaired) electrons. The third-order valence-corrected chi connectivity index (χ3v) is 4.28. The standard InChI is InChI=1S/C17H18N4O2/c18-17-19-14-5-6-21(9-13(14)16(22)20-17)8-11-7-12-3-1-2-4-15(12)23-10-11/h1-4,7H,5-6,8-10H2,(H3,18,19,20,22). The Morgan fingerprint density at radius 1 is 1.35 bits per heavy atom. The zero-order valence-corrected chi connectivity index (χ0v) is 12.7. The van der Waals surface area contributed by atoms with Crippen molar-refractivity contribution < 1.29 is 4.74 Å².